The Morgan fingerprint density at radius 2 is 1.53 bits per heavy atom. The summed E-state index contributed by atoms with van der Waals surface area (Å²) in [6.45, 7) is 1.04. The third-order valence-electron chi connectivity index (χ3n) is 2.63. The first-order valence-electron chi connectivity index (χ1n) is 6.11. The summed E-state index contributed by atoms with van der Waals surface area (Å²) in [6.07, 6.45) is 2.17. The number of hydrogen-bond donors (Lipinski definition) is 0. The maximum Gasteiger partial charge on any atom is 0.180 e. The molecule has 0 unspecified atom stereocenters. The van der Waals surface area contributed by atoms with Crippen molar-refractivity contribution in [2.24, 2.45) is 0 Å². The van der Waals surface area contributed by atoms with E-state index in [-0.39, 0.29) is 0 Å². The van der Waals surface area contributed by atoms with Gasteiger partial charge in [0.25, 0.3) is 0 Å². The van der Waals surface area contributed by atoms with Crippen molar-refractivity contribution in [3.63, 3.8) is 0 Å². The molecule has 0 N–H and O–H groups in total. The molecule has 2 rings (SSSR count). The first-order chi connectivity index (χ1) is 9.38. The molecule has 0 fully saturated rings. The van der Waals surface area contributed by atoms with Crippen LogP contribution in [0.3, 0.4) is 0 Å². The molecule has 0 spiro atoms. The number of nitriles is 1. The molecule has 0 saturated heterocycles. The van der Waals surface area contributed by atoms with Crippen LogP contribution in [0.4, 0.5) is 0 Å². The number of benzene rings is 2. The number of nitrogens with zero attached hydrogens (tertiary/aromatic N) is 2. The minimum absolute atomic E-state index is 0.445. The molecule has 0 amide bonds. The predicted molar refractivity (Wildman–Crippen MR) is 75.8 cm³/mol. The molecule has 0 aromatic heterocycles. The highest BCUT2D eigenvalue weighted by Gasteiger charge is 2.00. The fourth-order valence-corrected chi connectivity index (χ4v) is 1.69. The average molecular weight is 246 g/mol. The smallest absolute Gasteiger partial charge is 0.180 e. The third-order valence-corrected chi connectivity index (χ3v) is 2.63. The van der Waals surface area contributed by atoms with Crippen LogP contribution in [0.15, 0.2) is 60.7 Å². The lowest BCUT2D eigenvalue weighted by molar-refractivity contribution is 0.433. The van der Waals surface area contributed by atoms with Crippen molar-refractivity contribution >= 4 is 0 Å². The summed E-state index contributed by atoms with van der Waals surface area (Å²) >= 11 is 0. The molecular formula is C17H14N2. The second-order valence-corrected chi connectivity index (χ2v) is 4.11. The zero-order valence-electron chi connectivity index (χ0n) is 10.6. The molecule has 0 atom stereocenters. The molecule has 0 aliphatic heterocycles. The zero-order chi connectivity index (χ0) is 13.3. The first kappa shape index (κ1) is 12.7. The van der Waals surface area contributed by atoms with Crippen molar-refractivity contribution in [2.45, 2.75) is 6.54 Å². The van der Waals surface area contributed by atoms with Crippen LogP contribution in [0.2, 0.25) is 0 Å². The summed E-state index contributed by atoms with van der Waals surface area (Å²) < 4.78 is 0. The molecule has 19 heavy (non-hydrogen) atoms. The molecule has 0 saturated carbocycles. The summed E-state index contributed by atoms with van der Waals surface area (Å²) in [4.78, 5) is 1.64. The molecule has 0 aliphatic rings. The highest BCUT2D eigenvalue weighted by molar-refractivity contribution is 5.34. The molecule has 2 heteroatoms. The summed E-state index contributed by atoms with van der Waals surface area (Å²) in [5.74, 6) is 6.08. The van der Waals surface area contributed by atoms with Gasteiger partial charge in [0, 0.05) is 5.56 Å². The van der Waals surface area contributed by atoms with E-state index in [0.29, 0.717) is 13.1 Å². The summed E-state index contributed by atoms with van der Waals surface area (Å²) in [7, 11) is 0. The van der Waals surface area contributed by atoms with E-state index in [9.17, 15) is 0 Å². The molecule has 2 aromatic rings. The van der Waals surface area contributed by atoms with Gasteiger partial charge in [0.05, 0.1) is 13.1 Å². The van der Waals surface area contributed by atoms with Gasteiger partial charge in [-0.05, 0) is 17.7 Å². The molecule has 2 aromatic carbocycles. The fraction of sp³-hybridized carbons (Fsp3) is 0.118. The largest absolute Gasteiger partial charge is 0.294 e. The van der Waals surface area contributed by atoms with E-state index in [4.69, 9.17) is 5.26 Å². The van der Waals surface area contributed by atoms with Gasteiger partial charge in [0.2, 0.25) is 0 Å². The van der Waals surface area contributed by atoms with Gasteiger partial charge in [-0.15, -0.1) is 0 Å². The van der Waals surface area contributed by atoms with Gasteiger partial charge in [-0.25, -0.2) is 0 Å². The lowest BCUT2D eigenvalue weighted by Gasteiger charge is -2.11. The fourth-order valence-electron chi connectivity index (χ4n) is 1.69. The lowest BCUT2D eigenvalue weighted by atomic mass is 10.2. The van der Waals surface area contributed by atoms with Crippen LogP contribution in [-0.4, -0.2) is 11.4 Å². The van der Waals surface area contributed by atoms with E-state index < -0.39 is 0 Å². The van der Waals surface area contributed by atoms with E-state index in [1.807, 2.05) is 60.7 Å². The van der Waals surface area contributed by atoms with E-state index in [0.717, 1.165) is 11.1 Å². The number of rotatable bonds is 3. The summed E-state index contributed by atoms with van der Waals surface area (Å²) in [6, 6.07) is 19.7. The van der Waals surface area contributed by atoms with E-state index in [1.54, 1.807) is 4.90 Å². The van der Waals surface area contributed by atoms with Crippen molar-refractivity contribution in [3.05, 3.63) is 71.8 Å². The van der Waals surface area contributed by atoms with Crippen LogP contribution >= 0.6 is 0 Å². The van der Waals surface area contributed by atoms with E-state index in [1.165, 1.54) is 0 Å². The Kier molecular flexibility index (Phi) is 4.62. The van der Waals surface area contributed by atoms with Crippen molar-refractivity contribution in [3.8, 4) is 18.0 Å². The van der Waals surface area contributed by atoms with Crippen molar-refractivity contribution < 1.29 is 0 Å². The maximum absolute atomic E-state index is 9.09. The quantitative estimate of drug-likeness (QED) is 0.473. The lowest BCUT2D eigenvalue weighted by Crippen LogP contribution is -2.17. The van der Waals surface area contributed by atoms with Crippen molar-refractivity contribution in [2.75, 3.05) is 6.54 Å². The summed E-state index contributed by atoms with van der Waals surface area (Å²) in [5, 5.41) is 9.09. The zero-order valence-corrected chi connectivity index (χ0v) is 10.6. The highest BCUT2D eigenvalue weighted by Crippen LogP contribution is 2.02. The topological polar surface area (TPSA) is 27.0 Å². The predicted octanol–water partition coefficient (Wildman–Crippen LogP) is 3.02. The van der Waals surface area contributed by atoms with Crippen LogP contribution in [0.25, 0.3) is 0 Å². The third kappa shape index (κ3) is 4.22. The first-order valence-corrected chi connectivity index (χ1v) is 6.11. The second-order valence-electron chi connectivity index (χ2n) is 4.11. The molecule has 0 aliphatic carbocycles. The van der Waals surface area contributed by atoms with Gasteiger partial charge in [0.1, 0.15) is 0 Å². The van der Waals surface area contributed by atoms with Gasteiger partial charge in [-0.2, -0.15) is 5.26 Å². The minimum Gasteiger partial charge on any atom is -0.294 e. The van der Waals surface area contributed by atoms with Crippen LogP contribution in [0, 0.1) is 23.3 Å². The maximum atomic E-state index is 9.09. The van der Waals surface area contributed by atoms with Crippen LogP contribution in [0.1, 0.15) is 11.1 Å². The standard InChI is InChI=1S/C17H14N2/c18-15-19(14-17-10-5-2-6-11-17)13-7-12-16-8-3-1-4-9-16/h1-6,8-11H,13-14H2. The van der Waals surface area contributed by atoms with Gasteiger partial charge in [-0.1, -0.05) is 60.4 Å². The Labute approximate surface area is 113 Å². The molecule has 2 nitrogen and oxygen atoms in total. The van der Waals surface area contributed by atoms with Crippen molar-refractivity contribution in [1.82, 2.24) is 4.90 Å². The van der Waals surface area contributed by atoms with Crippen LogP contribution in [0.5, 0.6) is 0 Å². The van der Waals surface area contributed by atoms with Gasteiger partial charge < -0.3 is 0 Å². The second kappa shape index (κ2) is 6.89. The molecule has 92 valence electrons. The number of hydrogen-bond acceptors (Lipinski definition) is 2. The van der Waals surface area contributed by atoms with Gasteiger partial charge in [0.15, 0.2) is 6.19 Å². The molecule has 0 bridgehead atoms. The van der Waals surface area contributed by atoms with Gasteiger partial charge in [-0.3, -0.25) is 4.90 Å². The Morgan fingerprint density at radius 1 is 0.895 bits per heavy atom. The summed E-state index contributed by atoms with van der Waals surface area (Å²) in [5.41, 5.74) is 2.09. The average Bonchev–Trinajstić information content (AvgIpc) is 2.48. The molecule has 0 heterocycles. The highest BCUT2D eigenvalue weighted by atomic mass is 15.1. The Bertz CT molecular complexity index is 600. The Hall–Kier alpha value is -2.71. The van der Waals surface area contributed by atoms with E-state index in [2.05, 4.69) is 18.0 Å². The molecular weight excluding hydrogens is 232 g/mol. The van der Waals surface area contributed by atoms with Crippen molar-refractivity contribution in [1.29, 1.82) is 5.26 Å². The van der Waals surface area contributed by atoms with Crippen LogP contribution in [-0.2, 0) is 6.54 Å². The van der Waals surface area contributed by atoms with Crippen LogP contribution < -0.4 is 0 Å². The minimum atomic E-state index is 0.445. The monoisotopic (exact) mass is 246 g/mol. The Balaban J connectivity index is 1.94. The normalized spacial score (nSPS) is 9.00. The van der Waals surface area contributed by atoms with E-state index >= 15 is 0 Å². The van der Waals surface area contributed by atoms with Gasteiger partial charge >= 0.3 is 0 Å². The SMILES string of the molecule is N#CN(CC#Cc1ccccc1)Cc1ccccc1. The molecule has 0 radical (unpaired) electrons. The Morgan fingerprint density at radius 3 is 2.16 bits per heavy atom.